The molecule has 0 amide bonds. The molecule has 0 radical (unpaired) electrons. The Kier molecular flexibility index (Phi) is 7.22. The van der Waals surface area contributed by atoms with Crippen LogP contribution in [0.3, 0.4) is 0 Å². The Bertz CT molecular complexity index is 1390. The van der Waals surface area contributed by atoms with E-state index in [4.69, 9.17) is 9.84 Å². The number of nitro groups is 1. The maximum Gasteiger partial charge on any atom is 0.344 e. The molecule has 0 bridgehead atoms. The summed E-state index contributed by atoms with van der Waals surface area (Å²) in [6, 6.07) is 7.85. The summed E-state index contributed by atoms with van der Waals surface area (Å²) in [5.41, 5.74) is -0.564. The third-order valence-electron chi connectivity index (χ3n) is 4.69. The van der Waals surface area contributed by atoms with Gasteiger partial charge in [0.05, 0.1) is 26.5 Å². The lowest BCUT2D eigenvalue weighted by Gasteiger charge is -2.20. The predicted octanol–water partition coefficient (Wildman–Crippen LogP) is 4.86. The minimum absolute atomic E-state index is 0.167. The summed E-state index contributed by atoms with van der Waals surface area (Å²) >= 11 is 6.56. The fourth-order valence-corrected chi connectivity index (χ4v) is 3.94. The van der Waals surface area contributed by atoms with Crippen LogP contribution in [0.4, 0.5) is 5.69 Å². The van der Waals surface area contributed by atoms with E-state index in [-0.39, 0.29) is 15.8 Å². The highest BCUT2D eigenvalue weighted by molar-refractivity contribution is 9.10. The number of aromatic nitrogens is 2. The maximum atomic E-state index is 13.2. The monoisotopic (exact) mass is 594 g/mol. The number of carboxylic acid groups (broad SMARTS) is 1. The molecule has 2 aromatic carbocycles. The van der Waals surface area contributed by atoms with Gasteiger partial charge in [0.15, 0.2) is 6.10 Å². The molecular weight excluding hydrogens is 576 g/mol. The van der Waals surface area contributed by atoms with Crippen LogP contribution in [0.5, 0.6) is 5.75 Å². The number of hydrogen-bond acceptors (Lipinski definition) is 7. The number of aliphatic carboxylic acids is 1. The number of rotatable bonds is 6. The number of carbonyl (C=O) groups is 1. The molecule has 1 heterocycles. The zero-order valence-corrected chi connectivity index (χ0v) is 21.7. The van der Waals surface area contributed by atoms with E-state index in [0.29, 0.717) is 21.2 Å². The van der Waals surface area contributed by atoms with E-state index in [0.717, 1.165) is 0 Å². The molecule has 3 aromatic rings. The van der Waals surface area contributed by atoms with E-state index in [1.54, 1.807) is 18.2 Å². The Labute approximate surface area is 210 Å². The number of nitrogens with zero attached hydrogens (tertiary/aromatic N) is 4. The lowest BCUT2D eigenvalue weighted by atomic mass is 9.95. The summed E-state index contributed by atoms with van der Waals surface area (Å²) in [7, 11) is 0. The summed E-state index contributed by atoms with van der Waals surface area (Å²) in [5, 5.41) is 25.3. The van der Waals surface area contributed by atoms with Crippen molar-refractivity contribution in [2.75, 3.05) is 0 Å². The van der Waals surface area contributed by atoms with Gasteiger partial charge in [-0.2, -0.15) is 9.78 Å². The number of hydrogen-bond donors (Lipinski definition) is 1. The van der Waals surface area contributed by atoms with Gasteiger partial charge in [0.25, 0.3) is 5.56 Å². The normalized spacial score (nSPS) is 12.8. The Morgan fingerprint density at radius 2 is 1.97 bits per heavy atom. The van der Waals surface area contributed by atoms with Gasteiger partial charge < -0.3 is 9.84 Å². The molecule has 0 aliphatic heterocycles. The zero-order chi connectivity index (χ0) is 25.4. The number of benzene rings is 2. The largest absolute Gasteiger partial charge is 0.479 e. The van der Waals surface area contributed by atoms with E-state index in [1.807, 2.05) is 20.8 Å². The summed E-state index contributed by atoms with van der Waals surface area (Å²) in [4.78, 5) is 39.9. The highest BCUT2D eigenvalue weighted by Gasteiger charge is 2.25. The Morgan fingerprint density at radius 1 is 1.29 bits per heavy atom. The van der Waals surface area contributed by atoms with Crippen LogP contribution in [0, 0.1) is 10.1 Å². The summed E-state index contributed by atoms with van der Waals surface area (Å²) in [6.45, 7) is 6.94. The molecule has 0 aliphatic carbocycles. The van der Waals surface area contributed by atoms with Gasteiger partial charge >= 0.3 is 11.7 Å². The quantitative estimate of drug-likeness (QED) is 0.244. The summed E-state index contributed by atoms with van der Waals surface area (Å²) < 4.78 is 7.31. The summed E-state index contributed by atoms with van der Waals surface area (Å²) in [6.07, 6.45) is -0.00459. The molecule has 34 heavy (non-hydrogen) atoms. The van der Waals surface area contributed by atoms with Gasteiger partial charge in [-0.05, 0) is 47.1 Å². The number of halogens is 2. The molecular formula is C22H20Br2N4O6. The van der Waals surface area contributed by atoms with E-state index < -0.39 is 33.7 Å². The van der Waals surface area contributed by atoms with Crippen LogP contribution in [-0.4, -0.2) is 38.0 Å². The lowest BCUT2D eigenvalue weighted by molar-refractivity contribution is -0.386. The van der Waals surface area contributed by atoms with Crippen LogP contribution < -0.4 is 10.3 Å². The molecule has 0 spiro atoms. The van der Waals surface area contributed by atoms with Crippen molar-refractivity contribution >= 4 is 60.6 Å². The number of nitro benzene ring substituents is 1. The van der Waals surface area contributed by atoms with Gasteiger partial charge in [-0.25, -0.2) is 9.78 Å². The highest BCUT2D eigenvalue weighted by atomic mass is 79.9. The van der Waals surface area contributed by atoms with Gasteiger partial charge in [-0.15, -0.1) is 0 Å². The molecule has 0 saturated carbocycles. The molecule has 178 valence electrons. The lowest BCUT2D eigenvalue weighted by Crippen LogP contribution is -2.29. The third kappa shape index (κ3) is 5.33. The fraction of sp³-hybridized carbons (Fsp3) is 0.273. The van der Waals surface area contributed by atoms with Gasteiger partial charge in [-0.1, -0.05) is 36.7 Å². The van der Waals surface area contributed by atoms with Crippen LogP contribution in [0.15, 0.2) is 49.2 Å². The molecule has 1 atom stereocenters. The van der Waals surface area contributed by atoms with Crippen molar-refractivity contribution in [3.63, 3.8) is 0 Å². The molecule has 0 saturated heterocycles. The first-order valence-corrected chi connectivity index (χ1v) is 11.5. The topological polar surface area (TPSA) is 137 Å². The zero-order valence-electron chi connectivity index (χ0n) is 18.6. The molecule has 1 N–H and O–H groups in total. The van der Waals surface area contributed by atoms with E-state index in [2.05, 4.69) is 41.9 Å². The number of fused-ring (bicyclic) bond motifs is 1. The van der Waals surface area contributed by atoms with Crippen molar-refractivity contribution in [2.45, 2.75) is 39.2 Å². The standard InChI is InChI=1S/C22H20Br2N4O6/c1-11(20(30)31)34-18-15(24)7-12(8-17(18)28(32)33)10-25-27-19(29)14-9-13(23)5-6-16(14)26-21(27)22(2,3)4/h5-11H,1-4H3,(H,30,31)/t11-/m0/s1. The summed E-state index contributed by atoms with van der Waals surface area (Å²) in [5.74, 6) is -1.08. The Morgan fingerprint density at radius 3 is 2.56 bits per heavy atom. The first-order chi connectivity index (χ1) is 15.8. The Balaban J connectivity index is 2.16. The first kappa shape index (κ1) is 25.5. The highest BCUT2D eigenvalue weighted by Crippen LogP contribution is 2.37. The van der Waals surface area contributed by atoms with Crippen molar-refractivity contribution in [3.05, 3.63) is 71.1 Å². The van der Waals surface area contributed by atoms with Gasteiger partial charge in [0.1, 0.15) is 5.82 Å². The van der Waals surface area contributed by atoms with Crippen LogP contribution in [0.25, 0.3) is 10.9 Å². The van der Waals surface area contributed by atoms with Crippen LogP contribution >= 0.6 is 31.9 Å². The van der Waals surface area contributed by atoms with Crippen LogP contribution in [0.2, 0.25) is 0 Å². The number of ether oxygens (including phenoxy) is 1. The second-order valence-electron chi connectivity index (χ2n) is 8.41. The smallest absolute Gasteiger partial charge is 0.344 e. The predicted molar refractivity (Wildman–Crippen MR) is 134 cm³/mol. The molecule has 0 unspecified atom stereocenters. The first-order valence-electron chi connectivity index (χ1n) is 9.94. The molecule has 0 aliphatic rings. The van der Waals surface area contributed by atoms with Crippen LogP contribution in [0.1, 0.15) is 39.1 Å². The second kappa shape index (κ2) is 9.63. The van der Waals surface area contributed by atoms with Crippen molar-refractivity contribution in [2.24, 2.45) is 5.10 Å². The Hall–Kier alpha value is -3.12. The molecule has 10 nitrogen and oxygen atoms in total. The van der Waals surface area contributed by atoms with Crippen molar-refractivity contribution < 1.29 is 19.6 Å². The van der Waals surface area contributed by atoms with Gasteiger partial charge in [0, 0.05) is 21.5 Å². The molecule has 12 heteroatoms. The van der Waals surface area contributed by atoms with Gasteiger partial charge in [-0.3, -0.25) is 14.9 Å². The number of carboxylic acids is 1. The molecule has 1 aromatic heterocycles. The molecule has 0 fully saturated rings. The minimum atomic E-state index is -1.30. The average molecular weight is 596 g/mol. The van der Waals surface area contributed by atoms with Gasteiger partial charge in [0.2, 0.25) is 5.75 Å². The van der Waals surface area contributed by atoms with E-state index in [1.165, 1.54) is 29.9 Å². The van der Waals surface area contributed by atoms with E-state index in [9.17, 15) is 19.7 Å². The fourth-order valence-electron chi connectivity index (χ4n) is 3.02. The second-order valence-corrected chi connectivity index (χ2v) is 10.2. The van der Waals surface area contributed by atoms with Crippen molar-refractivity contribution in [1.82, 2.24) is 9.66 Å². The van der Waals surface area contributed by atoms with Crippen LogP contribution in [-0.2, 0) is 10.2 Å². The third-order valence-corrected chi connectivity index (χ3v) is 5.77. The molecule has 3 rings (SSSR count). The average Bonchev–Trinajstić information content (AvgIpc) is 2.73. The van der Waals surface area contributed by atoms with E-state index >= 15 is 0 Å². The van der Waals surface area contributed by atoms with Crippen molar-refractivity contribution in [3.8, 4) is 5.75 Å². The minimum Gasteiger partial charge on any atom is -0.479 e. The maximum absolute atomic E-state index is 13.2. The SMILES string of the molecule is C[C@H](Oc1c(Br)cc(C=Nn2c(C(C)(C)C)nc3ccc(Br)cc3c2=O)cc1[N+](=O)[O-])C(=O)O. The van der Waals surface area contributed by atoms with Crippen molar-refractivity contribution in [1.29, 1.82) is 0 Å².